The first-order valence-corrected chi connectivity index (χ1v) is 27.1. The van der Waals surface area contributed by atoms with E-state index in [1.54, 1.807) is 30.3 Å². The molecule has 0 aromatic heterocycles. The Morgan fingerprint density at radius 1 is 0.209 bits per heavy atom. The monoisotopic (exact) mass is 1220 g/mol. The van der Waals surface area contributed by atoms with Gasteiger partial charge in [0.25, 0.3) is 0 Å². The molecule has 12 aromatic carbocycles. The second kappa shape index (κ2) is 26.6. The SMILES string of the molecule is COC(=O)c1cc2cc3cc(C(=O)OC)c(C(=O)OC)cc3cc2cc1C(=O)OC.COC(=O)c1ccc2cc3ccccc3cc2c1.O=C(O)c1cc2cc3cc(C(=O)O)c(C(=O)O)cc3cc2cc1C(=O)O.O=C(O)c1ccc2cc3ccccc3cc2c1. The molecule has 20 nitrogen and oxygen atoms in total. The van der Waals surface area contributed by atoms with E-state index in [1.807, 2.05) is 54.6 Å². The summed E-state index contributed by atoms with van der Waals surface area (Å²) in [5.41, 5.74) is -0.477. The van der Waals surface area contributed by atoms with Gasteiger partial charge in [-0.15, -0.1) is 0 Å². The van der Waals surface area contributed by atoms with Gasteiger partial charge in [0.05, 0.1) is 91.2 Å². The molecule has 0 bridgehead atoms. The largest absolute Gasteiger partial charge is 0.478 e. The minimum Gasteiger partial charge on any atom is -0.478 e. The Morgan fingerprint density at radius 3 is 0.648 bits per heavy atom. The van der Waals surface area contributed by atoms with Crippen LogP contribution in [-0.2, 0) is 23.7 Å². The summed E-state index contributed by atoms with van der Waals surface area (Å²) in [5, 5.41) is 58.7. The van der Waals surface area contributed by atoms with Crippen molar-refractivity contribution in [1.29, 1.82) is 0 Å². The van der Waals surface area contributed by atoms with Crippen molar-refractivity contribution in [2.45, 2.75) is 0 Å². The van der Waals surface area contributed by atoms with Gasteiger partial charge in [-0.25, -0.2) is 47.9 Å². The predicted molar refractivity (Wildman–Crippen MR) is 337 cm³/mol. The van der Waals surface area contributed by atoms with Crippen LogP contribution in [0.15, 0.2) is 182 Å². The average Bonchev–Trinajstić information content (AvgIpc) is 0.793. The minimum absolute atomic E-state index is 0.0515. The average molecular weight is 1220 g/mol. The van der Waals surface area contributed by atoms with E-state index in [0.29, 0.717) is 54.2 Å². The summed E-state index contributed by atoms with van der Waals surface area (Å²) in [5.74, 6) is -9.56. The number of esters is 5. The van der Waals surface area contributed by atoms with E-state index in [9.17, 15) is 68.4 Å². The van der Waals surface area contributed by atoms with Crippen LogP contribution in [0, 0.1) is 0 Å². The molecule has 0 saturated heterocycles. The van der Waals surface area contributed by atoms with Crippen LogP contribution in [0.5, 0.6) is 0 Å². The molecule has 20 heteroatoms. The molecule has 0 heterocycles. The molecule has 0 amide bonds. The van der Waals surface area contributed by atoms with Crippen molar-refractivity contribution in [2.75, 3.05) is 35.5 Å². The summed E-state index contributed by atoms with van der Waals surface area (Å²) in [6.07, 6.45) is 0. The van der Waals surface area contributed by atoms with Crippen LogP contribution in [0.1, 0.15) is 104 Å². The maximum Gasteiger partial charge on any atom is 0.338 e. The van der Waals surface area contributed by atoms with Gasteiger partial charge in [-0.3, -0.25) is 0 Å². The molecule has 5 N–H and O–H groups in total. The number of hydrogen-bond acceptors (Lipinski definition) is 15. The fraction of sp³-hybridized carbons (Fsp3) is 0.0704. The molecule has 0 aliphatic heterocycles. The predicted octanol–water partition coefficient (Wildman–Crippen LogP) is 13.4. The molecule has 0 saturated carbocycles. The number of benzene rings is 12. The normalized spacial score (nSPS) is 10.7. The summed E-state index contributed by atoms with van der Waals surface area (Å²) < 4.78 is 23.8. The Labute approximate surface area is 514 Å². The number of ether oxygens (including phenoxy) is 5. The van der Waals surface area contributed by atoms with Gasteiger partial charge in [0.15, 0.2) is 0 Å². The van der Waals surface area contributed by atoms with E-state index < -0.39 is 76.0 Å². The quantitative estimate of drug-likeness (QED) is 0.0482. The third-order valence-corrected chi connectivity index (χ3v) is 14.8. The van der Waals surface area contributed by atoms with Gasteiger partial charge in [-0.05, 0) is 208 Å². The van der Waals surface area contributed by atoms with Crippen molar-refractivity contribution in [3.8, 4) is 0 Å². The minimum atomic E-state index is -1.41. The lowest BCUT2D eigenvalue weighted by Crippen LogP contribution is -2.12. The van der Waals surface area contributed by atoms with Crippen LogP contribution >= 0.6 is 0 Å². The fourth-order valence-electron chi connectivity index (χ4n) is 10.3. The third kappa shape index (κ3) is 13.4. The number of carboxylic acid groups (broad SMARTS) is 5. The summed E-state index contributed by atoms with van der Waals surface area (Å²) in [6, 6.07) is 52.6. The zero-order valence-electron chi connectivity index (χ0n) is 48.7. The lowest BCUT2D eigenvalue weighted by Gasteiger charge is -2.12. The number of hydrogen-bond donors (Lipinski definition) is 5. The molecule has 12 aromatic rings. The van der Waals surface area contributed by atoms with Crippen molar-refractivity contribution < 1.29 is 97.2 Å². The molecule has 0 aliphatic rings. The standard InChI is InChI=1S/C22H18O8.C18H10O8.C16H12O2.C15H10O2/c1-27-19(23)15-7-11-5-13-9-17(21(25)29-3)18(22(26)30-4)10-14(13)6-12(11)8-16(15)20(24)28-2;19-15(20)11-3-7-1-8-4-12(16(21)22)14(18(25)26)6-10(8)2-9(7)5-13(11)17(23)24;1-18-16(17)14-7-6-13-8-11-4-2-3-5-12(11)9-15(13)10-14;16-15(17)13-6-5-12-7-10-3-1-2-4-11(10)8-14(12)9-13/h5-10H,1-4H3;1-6H,(H,19,20)(H,21,22)(H,23,24)(H,25,26);2-10H,1H3;1-9H,(H,16,17). The molecule has 12 rings (SSSR count). The van der Waals surface area contributed by atoms with Gasteiger partial charge >= 0.3 is 59.7 Å². The lowest BCUT2D eigenvalue weighted by molar-refractivity contribution is 0.0555. The van der Waals surface area contributed by atoms with Gasteiger partial charge in [-0.1, -0.05) is 60.7 Å². The van der Waals surface area contributed by atoms with Gasteiger partial charge in [-0.2, -0.15) is 0 Å². The summed E-state index contributed by atoms with van der Waals surface area (Å²) in [7, 11) is 6.25. The van der Waals surface area contributed by atoms with E-state index >= 15 is 0 Å². The van der Waals surface area contributed by atoms with Gasteiger partial charge in [0, 0.05) is 0 Å². The zero-order chi connectivity index (χ0) is 65.5. The Morgan fingerprint density at radius 2 is 0.407 bits per heavy atom. The van der Waals surface area contributed by atoms with E-state index in [2.05, 4.69) is 36.4 Å². The van der Waals surface area contributed by atoms with Crippen molar-refractivity contribution in [2.24, 2.45) is 0 Å². The van der Waals surface area contributed by atoms with Crippen LogP contribution in [0.25, 0.3) is 86.2 Å². The highest BCUT2D eigenvalue weighted by Gasteiger charge is 2.24. The van der Waals surface area contributed by atoms with Crippen molar-refractivity contribution >= 4 is 146 Å². The lowest BCUT2D eigenvalue weighted by atomic mass is 9.95. The molecule has 454 valence electrons. The van der Waals surface area contributed by atoms with Crippen LogP contribution in [0.4, 0.5) is 0 Å². The maximum absolute atomic E-state index is 12.2. The first-order chi connectivity index (χ1) is 43.5. The summed E-state index contributed by atoms with van der Waals surface area (Å²) >= 11 is 0. The second-order valence-electron chi connectivity index (χ2n) is 20.2. The Hall–Kier alpha value is -12.6. The number of carbonyl (C=O) groups excluding carboxylic acids is 5. The van der Waals surface area contributed by atoms with Gasteiger partial charge in [0.2, 0.25) is 0 Å². The highest BCUT2D eigenvalue weighted by molar-refractivity contribution is 6.14. The zero-order valence-corrected chi connectivity index (χ0v) is 48.7. The van der Waals surface area contributed by atoms with Gasteiger partial charge < -0.3 is 49.2 Å². The molecule has 0 spiro atoms. The number of methoxy groups -OCH3 is 5. The number of aromatic carboxylic acids is 5. The highest BCUT2D eigenvalue weighted by Crippen LogP contribution is 2.32. The summed E-state index contributed by atoms with van der Waals surface area (Å²) in [4.78, 5) is 116. The third-order valence-electron chi connectivity index (χ3n) is 14.8. The molecular formula is C71H50O20. The smallest absolute Gasteiger partial charge is 0.338 e. The Balaban J connectivity index is 0.000000147. The molecular weight excluding hydrogens is 1170 g/mol. The number of rotatable bonds is 10. The van der Waals surface area contributed by atoms with E-state index in [4.69, 9.17) is 28.8 Å². The van der Waals surface area contributed by atoms with Crippen molar-refractivity contribution in [3.63, 3.8) is 0 Å². The molecule has 0 atom stereocenters. The summed E-state index contributed by atoms with van der Waals surface area (Å²) in [6.45, 7) is 0. The molecule has 0 aliphatic carbocycles. The topological polar surface area (TPSA) is 318 Å². The first-order valence-electron chi connectivity index (χ1n) is 27.1. The van der Waals surface area contributed by atoms with Crippen LogP contribution in [0.3, 0.4) is 0 Å². The van der Waals surface area contributed by atoms with Crippen molar-refractivity contribution in [3.05, 3.63) is 238 Å². The van der Waals surface area contributed by atoms with Gasteiger partial charge in [0.1, 0.15) is 0 Å². The number of carbonyl (C=O) groups is 10. The Bertz CT molecular complexity index is 4720. The molecule has 0 unspecified atom stereocenters. The van der Waals surface area contributed by atoms with E-state index in [-0.39, 0.29) is 28.2 Å². The van der Waals surface area contributed by atoms with Crippen LogP contribution in [-0.4, -0.2) is 121 Å². The number of carboxylic acids is 5. The fourth-order valence-corrected chi connectivity index (χ4v) is 10.3. The second-order valence-corrected chi connectivity index (χ2v) is 20.2. The van der Waals surface area contributed by atoms with E-state index in [1.165, 1.54) is 112 Å². The molecule has 0 radical (unpaired) electrons. The maximum atomic E-state index is 12.2. The molecule has 91 heavy (non-hydrogen) atoms. The Kier molecular flexibility index (Phi) is 18.4. The van der Waals surface area contributed by atoms with Crippen molar-refractivity contribution in [1.82, 2.24) is 0 Å². The first kappa shape index (κ1) is 62.9. The number of fused-ring (bicyclic) bond motifs is 8. The molecule has 0 fully saturated rings. The highest BCUT2D eigenvalue weighted by atomic mass is 16.5. The van der Waals surface area contributed by atoms with Crippen LogP contribution < -0.4 is 0 Å². The van der Waals surface area contributed by atoms with Crippen LogP contribution in [0.2, 0.25) is 0 Å². The van der Waals surface area contributed by atoms with E-state index in [0.717, 1.165) is 26.9 Å².